The maximum atomic E-state index is 10.4. The van der Waals surface area contributed by atoms with E-state index in [9.17, 15) is 9.90 Å². The van der Waals surface area contributed by atoms with Crippen molar-refractivity contribution < 1.29 is 15.0 Å². The molecule has 1 aliphatic heterocycles. The number of β-amino-alcohol motifs (C(OH)–C–C–N with tert-alkyl or cyclic N) is 1. The van der Waals surface area contributed by atoms with Gasteiger partial charge in [0.25, 0.3) is 0 Å². The predicted octanol–water partition coefficient (Wildman–Crippen LogP) is 0.367. The summed E-state index contributed by atoms with van der Waals surface area (Å²) < 4.78 is 0. The largest absolute Gasteiger partial charge is 0.465 e. The maximum Gasteiger partial charge on any atom is 0.407 e. The van der Waals surface area contributed by atoms with Gasteiger partial charge in [-0.25, -0.2) is 4.79 Å². The van der Waals surface area contributed by atoms with Crippen molar-refractivity contribution in [1.29, 1.82) is 0 Å². The zero-order valence-corrected chi connectivity index (χ0v) is 6.53. The van der Waals surface area contributed by atoms with Crippen LogP contribution < -0.4 is 0 Å². The molecule has 0 saturated carbocycles. The van der Waals surface area contributed by atoms with E-state index in [1.807, 2.05) is 6.92 Å². The Morgan fingerprint density at radius 1 is 1.64 bits per heavy atom. The van der Waals surface area contributed by atoms with Gasteiger partial charge in [-0.05, 0) is 6.42 Å². The molecule has 11 heavy (non-hydrogen) atoms. The average Bonchev–Trinajstić information content (AvgIpc) is 2.31. The molecule has 2 N–H and O–H groups in total. The van der Waals surface area contributed by atoms with Crippen LogP contribution in [0.1, 0.15) is 13.3 Å². The minimum Gasteiger partial charge on any atom is -0.465 e. The summed E-state index contributed by atoms with van der Waals surface area (Å²) in [4.78, 5) is 11.7. The van der Waals surface area contributed by atoms with Crippen LogP contribution in [0.3, 0.4) is 0 Å². The summed E-state index contributed by atoms with van der Waals surface area (Å²) in [6, 6.07) is 0. The molecule has 1 fully saturated rings. The Kier molecular flexibility index (Phi) is 2.34. The molecular formula is C7H13NO3. The molecule has 0 aliphatic carbocycles. The number of carbonyl (C=O) groups is 1. The molecule has 0 aromatic rings. The summed E-state index contributed by atoms with van der Waals surface area (Å²) in [6.07, 6.45) is -0.554. The minimum absolute atomic E-state index is 0.131. The van der Waals surface area contributed by atoms with Crippen molar-refractivity contribution in [2.24, 2.45) is 5.92 Å². The first-order chi connectivity index (χ1) is 5.15. The van der Waals surface area contributed by atoms with Gasteiger partial charge in [-0.3, -0.25) is 0 Å². The lowest BCUT2D eigenvalue weighted by Crippen LogP contribution is -2.27. The van der Waals surface area contributed by atoms with Crippen LogP contribution in [0.5, 0.6) is 0 Å². The van der Waals surface area contributed by atoms with E-state index in [2.05, 4.69) is 0 Å². The van der Waals surface area contributed by atoms with Crippen LogP contribution in [0.2, 0.25) is 0 Å². The normalized spacial score (nSPS) is 30.9. The van der Waals surface area contributed by atoms with Gasteiger partial charge in [-0.1, -0.05) is 6.92 Å². The number of hydrogen-bond acceptors (Lipinski definition) is 2. The van der Waals surface area contributed by atoms with Crippen molar-refractivity contribution in [1.82, 2.24) is 4.90 Å². The van der Waals surface area contributed by atoms with Crippen LogP contribution in [0.25, 0.3) is 0 Å². The Labute approximate surface area is 65.4 Å². The average molecular weight is 159 g/mol. The highest BCUT2D eigenvalue weighted by Gasteiger charge is 2.32. The van der Waals surface area contributed by atoms with E-state index in [1.165, 1.54) is 4.90 Å². The molecule has 0 radical (unpaired) electrons. The summed E-state index contributed by atoms with van der Waals surface area (Å²) >= 11 is 0. The van der Waals surface area contributed by atoms with Gasteiger partial charge in [0.05, 0.1) is 12.6 Å². The van der Waals surface area contributed by atoms with Crippen LogP contribution in [0.4, 0.5) is 4.79 Å². The van der Waals surface area contributed by atoms with Crippen LogP contribution in [0.15, 0.2) is 0 Å². The fourth-order valence-electron chi connectivity index (χ4n) is 1.41. The molecule has 2 atom stereocenters. The van der Waals surface area contributed by atoms with Gasteiger partial charge >= 0.3 is 6.09 Å². The lowest BCUT2D eigenvalue weighted by molar-refractivity contribution is 0.130. The molecule has 0 aromatic carbocycles. The summed E-state index contributed by atoms with van der Waals surface area (Å²) in [5.41, 5.74) is 0. The first kappa shape index (κ1) is 8.33. The molecule has 0 bridgehead atoms. The number of aliphatic hydroxyl groups excluding tert-OH is 1. The third-order valence-corrected chi connectivity index (χ3v) is 2.20. The molecule has 1 saturated heterocycles. The number of amides is 1. The van der Waals surface area contributed by atoms with Crippen molar-refractivity contribution in [3.8, 4) is 0 Å². The zero-order valence-electron chi connectivity index (χ0n) is 6.53. The molecule has 4 heteroatoms. The van der Waals surface area contributed by atoms with E-state index in [1.54, 1.807) is 0 Å². The van der Waals surface area contributed by atoms with Gasteiger partial charge < -0.3 is 15.1 Å². The van der Waals surface area contributed by atoms with E-state index < -0.39 is 12.2 Å². The highest BCUT2D eigenvalue weighted by Crippen LogP contribution is 2.19. The molecule has 0 aromatic heterocycles. The number of carboxylic acid groups (broad SMARTS) is 1. The molecule has 1 aliphatic rings. The third-order valence-electron chi connectivity index (χ3n) is 2.20. The van der Waals surface area contributed by atoms with Gasteiger partial charge in [-0.15, -0.1) is 0 Å². The molecule has 0 unspecified atom stereocenters. The summed E-state index contributed by atoms with van der Waals surface area (Å²) in [6.45, 7) is 2.71. The summed E-state index contributed by atoms with van der Waals surface area (Å²) in [7, 11) is 0. The Hall–Kier alpha value is -0.770. The molecule has 1 amide bonds. The minimum atomic E-state index is -0.931. The number of likely N-dealkylation sites (tertiary alicyclic amines) is 1. The van der Waals surface area contributed by atoms with Crippen LogP contribution in [-0.2, 0) is 0 Å². The lowest BCUT2D eigenvalue weighted by atomic mass is 10.0. The van der Waals surface area contributed by atoms with Gasteiger partial charge in [0, 0.05) is 12.5 Å². The van der Waals surface area contributed by atoms with Crippen molar-refractivity contribution in [2.45, 2.75) is 19.4 Å². The predicted molar refractivity (Wildman–Crippen MR) is 39.4 cm³/mol. The number of hydrogen-bond donors (Lipinski definition) is 2. The van der Waals surface area contributed by atoms with E-state index in [0.29, 0.717) is 6.54 Å². The van der Waals surface area contributed by atoms with Gasteiger partial charge in [-0.2, -0.15) is 0 Å². The van der Waals surface area contributed by atoms with Crippen molar-refractivity contribution in [2.75, 3.05) is 13.1 Å². The van der Waals surface area contributed by atoms with Crippen LogP contribution in [0, 0.1) is 5.92 Å². The monoisotopic (exact) mass is 159 g/mol. The first-order valence-electron chi connectivity index (χ1n) is 3.81. The number of nitrogens with zero attached hydrogens (tertiary/aromatic N) is 1. The van der Waals surface area contributed by atoms with Gasteiger partial charge in [0.1, 0.15) is 0 Å². The van der Waals surface area contributed by atoms with E-state index in [0.717, 1.165) is 6.42 Å². The molecule has 1 heterocycles. The second-order valence-corrected chi connectivity index (χ2v) is 2.92. The molecule has 1 rings (SSSR count). The lowest BCUT2D eigenvalue weighted by Gasteiger charge is -2.09. The summed E-state index contributed by atoms with van der Waals surface area (Å²) in [5, 5.41) is 17.9. The van der Waals surface area contributed by atoms with Gasteiger partial charge in [0.2, 0.25) is 0 Å². The highest BCUT2D eigenvalue weighted by molar-refractivity contribution is 5.65. The summed E-state index contributed by atoms with van der Waals surface area (Å²) in [5.74, 6) is 0.131. The second-order valence-electron chi connectivity index (χ2n) is 2.92. The Morgan fingerprint density at radius 2 is 2.27 bits per heavy atom. The SMILES string of the molecule is CC[C@@H]1CN(C(=O)O)C[C@@H]1O. The van der Waals surface area contributed by atoms with Crippen molar-refractivity contribution >= 4 is 6.09 Å². The zero-order chi connectivity index (χ0) is 8.43. The second kappa shape index (κ2) is 3.09. The maximum absolute atomic E-state index is 10.4. The fourth-order valence-corrected chi connectivity index (χ4v) is 1.41. The molecule has 64 valence electrons. The molecule has 4 nitrogen and oxygen atoms in total. The Morgan fingerprint density at radius 3 is 2.55 bits per heavy atom. The van der Waals surface area contributed by atoms with E-state index in [4.69, 9.17) is 5.11 Å². The highest BCUT2D eigenvalue weighted by atomic mass is 16.4. The van der Waals surface area contributed by atoms with E-state index in [-0.39, 0.29) is 12.5 Å². The number of rotatable bonds is 1. The molecular weight excluding hydrogens is 146 g/mol. The van der Waals surface area contributed by atoms with Crippen molar-refractivity contribution in [3.05, 3.63) is 0 Å². The Bertz CT molecular complexity index is 160. The fraction of sp³-hybridized carbons (Fsp3) is 0.857. The Balaban J connectivity index is 2.49. The smallest absolute Gasteiger partial charge is 0.407 e. The van der Waals surface area contributed by atoms with Gasteiger partial charge in [0.15, 0.2) is 0 Å². The topological polar surface area (TPSA) is 60.8 Å². The van der Waals surface area contributed by atoms with Crippen LogP contribution >= 0.6 is 0 Å². The van der Waals surface area contributed by atoms with Crippen LogP contribution in [-0.4, -0.2) is 40.4 Å². The van der Waals surface area contributed by atoms with Crippen molar-refractivity contribution in [3.63, 3.8) is 0 Å². The first-order valence-corrected chi connectivity index (χ1v) is 3.81. The number of aliphatic hydroxyl groups is 1. The van der Waals surface area contributed by atoms with E-state index >= 15 is 0 Å². The molecule has 0 spiro atoms. The quantitative estimate of drug-likeness (QED) is 0.581. The third kappa shape index (κ3) is 1.63. The standard InChI is InChI=1S/C7H13NO3/c1-2-5-3-8(7(10)11)4-6(5)9/h5-6,9H,2-4H2,1H3,(H,10,11)/t5-,6+/m1/s1.